The van der Waals surface area contributed by atoms with Crippen LogP contribution in [0.3, 0.4) is 0 Å². The van der Waals surface area contributed by atoms with Gasteiger partial charge in [0.1, 0.15) is 11.6 Å². The monoisotopic (exact) mass is 346 g/mol. The van der Waals surface area contributed by atoms with Crippen molar-refractivity contribution in [2.75, 3.05) is 26.8 Å². The van der Waals surface area contributed by atoms with E-state index in [9.17, 15) is 9.18 Å². The van der Waals surface area contributed by atoms with Gasteiger partial charge in [0.15, 0.2) is 5.82 Å². The summed E-state index contributed by atoms with van der Waals surface area (Å²) in [6, 6.07) is 6.21. The molecule has 1 amide bonds. The number of amides is 1. The maximum absolute atomic E-state index is 13.3. The van der Waals surface area contributed by atoms with Gasteiger partial charge >= 0.3 is 0 Å². The van der Waals surface area contributed by atoms with E-state index in [0.717, 1.165) is 31.0 Å². The van der Waals surface area contributed by atoms with Gasteiger partial charge in [0.05, 0.1) is 13.0 Å². The summed E-state index contributed by atoms with van der Waals surface area (Å²) in [6.45, 7) is 1.93. The second kappa shape index (κ2) is 8.20. The molecule has 0 bridgehead atoms. The van der Waals surface area contributed by atoms with Crippen LogP contribution in [0.2, 0.25) is 0 Å². The number of halogens is 1. The van der Waals surface area contributed by atoms with Gasteiger partial charge in [-0.05, 0) is 30.5 Å². The number of nitrogens with zero attached hydrogens (tertiary/aromatic N) is 3. The van der Waals surface area contributed by atoms with Crippen molar-refractivity contribution in [3.05, 3.63) is 47.3 Å². The SMILES string of the molecule is COCCc1nc([C@H]2CCCN(C(=O)Cc3cccc(F)c3)C2)n[nH]1. The molecule has 3 rings (SSSR count). The molecule has 1 aliphatic heterocycles. The highest BCUT2D eigenvalue weighted by molar-refractivity contribution is 5.79. The van der Waals surface area contributed by atoms with E-state index in [1.807, 2.05) is 4.90 Å². The molecule has 1 N–H and O–H groups in total. The molecule has 0 aliphatic carbocycles. The van der Waals surface area contributed by atoms with Gasteiger partial charge < -0.3 is 9.64 Å². The van der Waals surface area contributed by atoms with E-state index >= 15 is 0 Å². The number of carbonyl (C=O) groups is 1. The van der Waals surface area contributed by atoms with Crippen LogP contribution < -0.4 is 0 Å². The Morgan fingerprint density at radius 2 is 2.36 bits per heavy atom. The number of likely N-dealkylation sites (tertiary alicyclic amines) is 1. The zero-order valence-electron chi connectivity index (χ0n) is 14.4. The first-order valence-corrected chi connectivity index (χ1v) is 8.58. The summed E-state index contributed by atoms with van der Waals surface area (Å²) < 4.78 is 18.3. The number of methoxy groups -OCH3 is 1. The first-order chi connectivity index (χ1) is 12.2. The van der Waals surface area contributed by atoms with Crippen molar-refractivity contribution in [2.24, 2.45) is 0 Å². The molecule has 1 saturated heterocycles. The molecule has 0 spiro atoms. The molecule has 1 fully saturated rings. The summed E-state index contributed by atoms with van der Waals surface area (Å²) in [7, 11) is 1.65. The summed E-state index contributed by atoms with van der Waals surface area (Å²) in [6.07, 6.45) is 2.79. The van der Waals surface area contributed by atoms with Crippen LogP contribution in [0, 0.1) is 5.82 Å². The van der Waals surface area contributed by atoms with Gasteiger partial charge in [-0.3, -0.25) is 9.89 Å². The van der Waals surface area contributed by atoms with Crippen LogP contribution >= 0.6 is 0 Å². The molecule has 1 atom stereocenters. The molecule has 0 saturated carbocycles. The molecule has 7 heteroatoms. The lowest BCUT2D eigenvalue weighted by Gasteiger charge is -2.31. The minimum Gasteiger partial charge on any atom is -0.384 e. The van der Waals surface area contributed by atoms with Crippen molar-refractivity contribution in [3.8, 4) is 0 Å². The Balaban J connectivity index is 1.60. The van der Waals surface area contributed by atoms with Gasteiger partial charge in [0.2, 0.25) is 5.91 Å². The van der Waals surface area contributed by atoms with Crippen LogP contribution in [0.5, 0.6) is 0 Å². The number of nitrogens with one attached hydrogen (secondary N) is 1. The summed E-state index contributed by atoms with van der Waals surface area (Å²) in [5.74, 6) is 1.41. The summed E-state index contributed by atoms with van der Waals surface area (Å²) in [5, 5.41) is 7.24. The van der Waals surface area contributed by atoms with Crippen molar-refractivity contribution in [2.45, 2.75) is 31.6 Å². The Hall–Kier alpha value is -2.28. The highest BCUT2D eigenvalue weighted by atomic mass is 19.1. The van der Waals surface area contributed by atoms with Crippen LogP contribution in [0.4, 0.5) is 4.39 Å². The van der Waals surface area contributed by atoms with E-state index in [1.54, 1.807) is 19.2 Å². The second-order valence-electron chi connectivity index (χ2n) is 6.37. The molecule has 134 valence electrons. The highest BCUT2D eigenvalue weighted by Gasteiger charge is 2.27. The molecule has 0 unspecified atom stereocenters. The molecule has 6 nitrogen and oxygen atoms in total. The van der Waals surface area contributed by atoms with Gasteiger partial charge in [0, 0.05) is 32.5 Å². The number of hydrogen-bond donors (Lipinski definition) is 1. The van der Waals surface area contributed by atoms with E-state index in [0.29, 0.717) is 25.1 Å². The predicted octanol–water partition coefficient (Wildman–Crippen LogP) is 2.08. The fourth-order valence-corrected chi connectivity index (χ4v) is 3.15. The standard InChI is InChI=1S/C18H23FN4O2/c1-25-9-7-16-20-18(22-21-16)14-5-3-8-23(12-14)17(24)11-13-4-2-6-15(19)10-13/h2,4,6,10,14H,3,5,7-9,11-12H2,1H3,(H,20,21,22)/t14-/m0/s1. The Labute approximate surface area is 146 Å². The molecule has 1 aromatic heterocycles. The maximum Gasteiger partial charge on any atom is 0.227 e. The van der Waals surface area contributed by atoms with Crippen molar-refractivity contribution < 1.29 is 13.9 Å². The molecule has 1 aliphatic rings. The van der Waals surface area contributed by atoms with E-state index in [1.165, 1.54) is 12.1 Å². The highest BCUT2D eigenvalue weighted by Crippen LogP contribution is 2.25. The summed E-state index contributed by atoms with van der Waals surface area (Å²) >= 11 is 0. The van der Waals surface area contributed by atoms with Gasteiger partial charge in [-0.2, -0.15) is 5.10 Å². The van der Waals surface area contributed by atoms with Crippen LogP contribution in [0.1, 0.15) is 36.0 Å². The lowest BCUT2D eigenvalue weighted by molar-refractivity contribution is -0.131. The summed E-state index contributed by atoms with van der Waals surface area (Å²) in [5.41, 5.74) is 0.701. The number of aromatic nitrogens is 3. The normalized spacial score (nSPS) is 17.7. The van der Waals surface area contributed by atoms with Crippen LogP contribution in [0.25, 0.3) is 0 Å². The fourth-order valence-electron chi connectivity index (χ4n) is 3.15. The third-order valence-electron chi connectivity index (χ3n) is 4.48. The lowest BCUT2D eigenvalue weighted by Crippen LogP contribution is -2.40. The largest absolute Gasteiger partial charge is 0.384 e. The Morgan fingerprint density at radius 3 is 3.16 bits per heavy atom. The topological polar surface area (TPSA) is 71.1 Å². The molecule has 25 heavy (non-hydrogen) atoms. The zero-order chi connectivity index (χ0) is 17.6. The van der Waals surface area contributed by atoms with Crippen LogP contribution in [0.15, 0.2) is 24.3 Å². The quantitative estimate of drug-likeness (QED) is 0.869. The van der Waals surface area contributed by atoms with Gasteiger partial charge in [-0.15, -0.1) is 0 Å². The van der Waals surface area contributed by atoms with E-state index in [2.05, 4.69) is 15.2 Å². The Morgan fingerprint density at radius 1 is 1.48 bits per heavy atom. The summed E-state index contributed by atoms with van der Waals surface area (Å²) in [4.78, 5) is 18.9. The average Bonchev–Trinajstić information content (AvgIpc) is 3.09. The predicted molar refractivity (Wildman–Crippen MR) is 90.6 cm³/mol. The third-order valence-corrected chi connectivity index (χ3v) is 4.48. The van der Waals surface area contributed by atoms with E-state index in [-0.39, 0.29) is 24.1 Å². The fraction of sp³-hybridized carbons (Fsp3) is 0.500. The first kappa shape index (κ1) is 17.5. The zero-order valence-corrected chi connectivity index (χ0v) is 14.4. The second-order valence-corrected chi connectivity index (χ2v) is 6.37. The average molecular weight is 346 g/mol. The number of ether oxygens (including phenoxy) is 1. The molecule has 1 aromatic carbocycles. The number of benzene rings is 1. The number of rotatable bonds is 6. The van der Waals surface area contributed by atoms with Gasteiger partial charge in [0.25, 0.3) is 0 Å². The van der Waals surface area contributed by atoms with E-state index < -0.39 is 0 Å². The van der Waals surface area contributed by atoms with Gasteiger partial charge in [-0.25, -0.2) is 9.37 Å². The smallest absolute Gasteiger partial charge is 0.227 e. The third kappa shape index (κ3) is 4.63. The van der Waals surface area contributed by atoms with Crippen molar-refractivity contribution in [1.29, 1.82) is 0 Å². The van der Waals surface area contributed by atoms with Crippen molar-refractivity contribution in [3.63, 3.8) is 0 Å². The molecular weight excluding hydrogens is 323 g/mol. The van der Waals surface area contributed by atoms with Crippen molar-refractivity contribution >= 4 is 5.91 Å². The Bertz CT molecular complexity index is 719. The van der Waals surface area contributed by atoms with Gasteiger partial charge in [-0.1, -0.05) is 12.1 Å². The lowest BCUT2D eigenvalue weighted by atomic mass is 9.96. The number of piperidine rings is 1. The minimum atomic E-state index is -0.314. The Kier molecular flexibility index (Phi) is 5.75. The number of aromatic amines is 1. The molecule has 2 heterocycles. The molecular formula is C18H23FN4O2. The van der Waals surface area contributed by atoms with Crippen LogP contribution in [-0.2, 0) is 22.4 Å². The number of carbonyl (C=O) groups excluding carboxylic acids is 1. The molecule has 0 radical (unpaired) electrons. The minimum absolute atomic E-state index is 0.0189. The van der Waals surface area contributed by atoms with Crippen LogP contribution in [-0.4, -0.2) is 52.8 Å². The molecule has 2 aromatic rings. The van der Waals surface area contributed by atoms with E-state index in [4.69, 9.17) is 4.74 Å². The maximum atomic E-state index is 13.3. The number of hydrogen-bond acceptors (Lipinski definition) is 4. The van der Waals surface area contributed by atoms with Crippen molar-refractivity contribution in [1.82, 2.24) is 20.1 Å². The number of H-pyrrole nitrogens is 1. The first-order valence-electron chi connectivity index (χ1n) is 8.58.